The Hall–Kier alpha value is -1.76. The molecule has 2 atom stereocenters. The number of nitrogens with one attached hydrogen (secondary N) is 2. The Kier molecular flexibility index (Phi) is 4.49. The Morgan fingerprint density at radius 2 is 2.30 bits per heavy atom. The van der Waals surface area contributed by atoms with Crippen LogP contribution >= 0.6 is 0 Å². The van der Waals surface area contributed by atoms with Crippen LogP contribution in [0.15, 0.2) is 12.1 Å². The van der Waals surface area contributed by atoms with Gasteiger partial charge in [-0.15, -0.1) is 0 Å². The van der Waals surface area contributed by atoms with Crippen molar-refractivity contribution < 1.29 is 13.7 Å². The highest BCUT2D eigenvalue weighted by Gasteiger charge is 2.18. The van der Waals surface area contributed by atoms with Crippen LogP contribution in [0.25, 0.3) is 0 Å². The summed E-state index contributed by atoms with van der Waals surface area (Å²) in [5.74, 6) is 1.04. The molecular weight excluding hydrogens is 278 g/mol. The van der Waals surface area contributed by atoms with Gasteiger partial charge in [-0.3, -0.25) is 9.00 Å². The molecule has 0 radical (unpaired) electrons. The predicted molar refractivity (Wildman–Crippen MR) is 81.6 cm³/mol. The second-order valence-electron chi connectivity index (χ2n) is 4.88. The minimum atomic E-state index is -0.804. The quantitative estimate of drug-likeness (QED) is 0.709. The minimum Gasteiger partial charge on any atom is -0.482 e. The van der Waals surface area contributed by atoms with E-state index in [-0.39, 0.29) is 18.6 Å². The molecule has 110 valence electrons. The number of nitrogen functional groups attached to an aromatic ring is 1. The van der Waals surface area contributed by atoms with Gasteiger partial charge >= 0.3 is 0 Å². The van der Waals surface area contributed by atoms with Gasteiger partial charge in [0.1, 0.15) is 5.75 Å². The van der Waals surface area contributed by atoms with Gasteiger partial charge < -0.3 is 21.1 Å². The monoisotopic (exact) mass is 297 g/mol. The molecule has 1 aromatic carbocycles. The highest BCUT2D eigenvalue weighted by atomic mass is 32.2. The molecule has 0 saturated heterocycles. The number of nitrogens with two attached hydrogens (primary N) is 1. The fourth-order valence-corrected chi connectivity index (χ4v) is 2.63. The van der Waals surface area contributed by atoms with Crippen LogP contribution in [0.3, 0.4) is 0 Å². The van der Waals surface area contributed by atoms with E-state index in [0.29, 0.717) is 22.9 Å². The van der Waals surface area contributed by atoms with E-state index in [4.69, 9.17) is 10.5 Å². The Labute approximate surface area is 120 Å². The Bertz CT molecular complexity index is 548. The molecule has 0 saturated carbocycles. The number of anilines is 3. The van der Waals surface area contributed by atoms with Crippen LogP contribution in [0.1, 0.15) is 13.3 Å². The largest absolute Gasteiger partial charge is 0.482 e. The average molecular weight is 297 g/mol. The molecule has 0 aromatic heterocycles. The van der Waals surface area contributed by atoms with Crippen molar-refractivity contribution >= 4 is 33.8 Å². The second kappa shape index (κ2) is 6.13. The van der Waals surface area contributed by atoms with Crippen LogP contribution in [0, 0.1) is 0 Å². The smallest absolute Gasteiger partial charge is 0.262 e. The number of amides is 1. The molecule has 1 aliphatic rings. The highest BCUT2D eigenvalue weighted by Crippen LogP contribution is 2.35. The van der Waals surface area contributed by atoms with Crippen LogP contribution in [0.5, 0.6) is 5.75 Å². The maximum absolute atomic E-state index is 11.3. The molecule has 0 spiro atoms. The number of fused-ring (bicyclic) bond motifs is 1. The summed E-state index contributed by atoms with van der Waals surface area (Å²) in [4.78, 5) is 11.3. The predicted octanol–water partition coefficient (Wildman–Crippen LogP) is 1.17. The van der Waals surface area contributed by atoms with Crippen LogP contribution in [-0.2, 0) is 15.6 Å². The molecule has 0 fully saturated rings. The lowest BCUT2D eigenvalue weighted by atomic mass is 10.1. The summed E-state index contributed by atoms with van der Waals surface area (Å²) in [6.45, 7) is 2.01. The van der Waals surface area contributed by atoms with E-state index in [0.717, 1.165) is 12.1 Å². The zero-order valence-electron chi connectivity index (χ0n) is 11.6. The number of carbonyl (C=O) groups excluding carboxylic acids is 1. The summed E-state index contributed by atoms with van der Waals surface area (Å²) in [5.41, 5.74) is 7.88. The van der Waals surface area contributed by atoms with Gasteiger partial charge in [-0.05, 0) is 19.4 Å². The molecule has 1 heterocycles. The van der Waals surface area contributed by atoms with Gasteiger partial charge in [0.05, 0.1) is 17.1 Å². The standard InChI is InChI=1S/C13H19N3O3S/c1-8(3-4-20(2)18)15-10-6-11-12(5-9(10)14)19-7-13(17)16-11/h5-6,8,15H,3-4,7,14H2,1-2H3,(H,16,17). The molecule has 1 amide bonds. The van der Waals surface area contributed by atoms with Crippen molar-refractivity contribution in [3.8, 4) is 5.75 Å². The highest BCUT2D eigenvalue weighted by molar-refractivity contribution is 7.84. The number of rotatable bonds is 5. The third-order valence-corrected chi connectivity index (χ3v) is 3.84. The van der Waals surface area contributed by atoms with Crippen molar-refractivity contribution in [1.29, 1.82) is 0 Å². The van der Waals surface area contributed by atoms with Crippen molar-refractivity contribution in [1.82, 2.24) is 0 Å². The zero-order valence-corrected chi connectivity index (χ0v) is 12.4. The molecule has 2 unspecified atom stereocenters. The van der Waals surface area contributed by atoms with E-state index in [2.05, 4.69) is 10.6 Å². The first-order chi connectivity index (χ1) is 9.45. The first-order valence-corrected chi connectivity index (χ1v) is 8.11. The molecule has 7 heteroatoms. The number of carbonyl (C=O) groups is 1. The number of benzene rings is 1. The van der Waals surface area contributed by atoms with Crippen molar-refractivity contribution in [2.24, 2.45) is 0 Å². The van der Waals surface area contributed by atoms with Crippen molar-refractivity contribution in [2.75, 3.05) is 35.0 Å². The Morgan fingerprint density at radius 3 is 3.00 bits per heavy atom. The Balaban J connectivity index is 2.10. The summed E-state index contributed by atoms with van der Waals surface area (Å²) in [6.07, 6.45) is 2.47. The summed E-state index contributed by atoms with van der Waals surface area (Å²) in [6, 6.07) is 3.60. The molecular formula is C13H19N3O3S. The van der Waals surface area contributed by atoms with Gasteiger partial charge in [0.25, 0.3) is 5.91 Å². The molecule has 4 N–H and O–H groups in total. The lowest BCUT2D eigenvalue weighted by molar-refractivity contribution is -0.118. The zero-order chi connectivity index (χ0) is 14.7. The molecule has 20 heavy (non-hydrogen) atoms. The third kappa shape index (κ3) is 3.63. The fraction of sp³-hybridized carbons (Fsp3) is 0.462. The summed E-state index contributed by atoms with van der Waals surface area (Å²) < 4.78 is 16.4. The van der Waals surface area contributed by atoms with Crippen molar-refractivity contribution in [3.05, 3.63) is 12.1 Å². The second-order valence-corrected chi connectivity index (χ2v) is 6.44. The molecule has 1 aromatic rings. The average Bonchev–Trinajstić information content (AvgIpc) is 2.38. The van der Waals surface area contributed by atoms with Crippen molar-refractivity contribution in [2.45, 2.75) is 19.4 Å². The van der Waals surface area contributed by atoms with E-state index < -0.39 is 10.8 Å². The molecule has 0 aliphatic carbocycles. The summed E-state index contributed by atoms with van der Waals surface area (Å²) in [7, 11) is -0.804. The SMILES string of the molecule is CC(CCS(C)=O)Nc1cc2c(cc1N)OCC(=O)N2. The number of ether oxygens (including phenoxy) is 1. The van der Waals surface area contributed by atoms with Gasteiger partial charge in [0, 0.05) is 34.9 Å². The van der Waals surface area contributed by atoms with Crippen LogP contribution in [0.2, 0.25) is 0 Å². The van der Waals surface area contributed by atoms with Gasteiger partial charge in [0.2, 0.25) is 0 Å². The van der Waals surface area contributed by atoms with Gasteiger partial charge in [0.15, 0.2) is 6.61 Å². The fourth-order valence-electron chi connectivity index (χ4n) is 1.95. The molecule has 2 rings (SSSR count). The van der Waals surface area contributed by atoms with E-state index in [1.54, 1.807) is 18.4 Å². The van der Waals surface area contributed by atoms with Crippen LogP contribution < -0.4 is 21.1 Å². The van der Waals surface area contributed by atoms with Gasteiger partial charge in [-0.25, -0.2) is 0 Å². The molecule has 1 aliphatic heterocycles. The van der Waals surface area contributed by atoms with Crippen LogP contribution in [0.4, 0.5) is 17.1 Å². The lowest BCUT2D eigenvalue weighted by Crippen LogP contribution is -2.26. The summed E-state index contributed by atoms with van der Waals surface area (Å²) in [5, 5.41) is 6.01. The van der Waals surface area contributed by atoms with Crippen molar-refractivity contribution in [3.63, 3.8) is 0 Å². The normalized spacial score (nSPS) is 16.6. The van der Waals surface area contributed by atoms with E-state index in [1.165, 1.54) is 0 Å². The molecule has 6 nitrogen and oxygen atoms in total. The topological polar surface area (TPSA) is 93.5 Å². The number of hydrogen-bond acceptors (Lipinski definition) is 5. The van der Waals surface area contributed by atoms with Crippen LogP contribution in [-0.4, -0.2) is 34.8 Å². The number of hydrogen-bond donors (Lipinski definition) is 3. The maximum Gasteiger partial charge on any atom is 0.262 e. The lowest BCUT2D eigenvalue weighted by Gasteiger charge is -2.22. The van der Waals surface area contributed by atoms with E-state index in [1.807, 2.05) is 6.92 Å². The summed E-state index contributed by atoms with van der Waals surface area (Å²) >= 11 is 0. The maximum atomic E-state index is 11.3. The van der Waals surface area contributed by atoms with E-state index >= 15 is 0 Å². The first-order valence-electron chi connectivity index (χ1n) is 6.38. The Morgan fingerprint density at radius 1 is 1.55 bits per heavy atom. The van der Waals surface area contributed by atoms with E-state index in [9.17, 15) is 9.00 Å². The molecule has 0 bridgehead atoms. The van der Waals surface area contributed by atoms with Gasteiger partial charge in [-0.2, -0.15) is 0 Å². The first kappa shape index (κ1) is 14.6. The van der Waals surface area contributed by atoms with Gasteiger partial charge in [-0.1, -0.05) is 0 Å². The third-order valence-electron chi connectivity index (χ3n) is 3.02. The minimum absolute atomic E-state index is 0.0118.